The maximum Gasteiger partial charge on any atom is 0.195 e. The number of nitrogens with zero attached hydrogens (tertiary/aromatic N) is 4. The fourth-order valence-electron chi connectivity index (χ4n) is 3.12. The Balaban J connectivity index is 2.08. The molecule has 1 aromatic heterocycles. The van der Waals surface area contributed by atoms with Crippen LogP contribution in [-0.2, 0) is 13.1 Å². The molecule has 0 bridgehead atoms. The molecule has 6 nitrogen and oxygen atoms in total. The number of terminal acetylenes is 1. The van der Waals surface area contributed by atoms with Gasteiger partial charge in [-0.15, -0.1) is 22.5 Å². The summed E-state index contributed by atoms with van der Waals surface area (Å²) in [6, 6.07) is 14.5. The van der Waals surface area contributed by atoms with Gasteiger partial charge in [0, 0.05) is 29.1 Å². The van der Waals surface area contributed by atoms with E-state index in [0.717, 1.165) is 5.82 Å². The number of hydrogen-bond donors (Lipinski definition) is 1. The lowest BCUT2D eigenvalue weighted by molar-refractivity contribution is 0.103. The number of halogens is 1. The SMILES string of the molecule is C#CCCNCc1nnc(CN(C)C)n1-c1ccc(Cl)cc1C(=O)c1ccccc1. The van der Waals surface area contributed by atoms with E-state index in [1.807, 2.05) is 47.8 Å². The summed E-state index contributed by atoms with van der Waals surface area (Å²) in [5.41, 5.74) is 1.79. The molecule has 0 fully saturated rings. The van der Waals surface area contributed by atoms with E-state index in [1.54, 1.807) is 24.3 Å². The zero-order valence-electron chi connectivity index (χ0n) is 17.1. The second-order valence-corrected chi connectivity index (χ2v) is 7.53. The summed E-state index contributed by atoms with van der Waals surface area (Å²) in [4.78, 5) is 15.3. The predicted octanol–water partition coefficient (Wildman–Crippen LogP) is 3.33. The molecule has 0 unspecified atom stereocenters. The molecule has 7 heteroatoms. The largest absolute Gasteiger partial charge is 0.309 e. The smallest absolute Gasteiger partial charge is 0.195 e. The fraction of sp³-hybridized carbons (Fsp3) is 0.261. The monoisotopic (exact) mass is 421 g/mol. The van der Waals surface area contributed by atoms with Crippen LogP contribution < -0.4 is 5.32 Å². The highest BCUT2D eigenvalue weighted by Crippen LogP contribution is 2.25. The Morgan fingerprint density at radius 3 is 2.60 bits per heavy atom. The van der Waals surface area contributed by atoms with Gasteiger partial charge in [0.2, 0.25) is 0 Å². The van der Waals surface area contributed by atoms with Gasteiger partial charge in [0.15, 0.2) is 17.4 Å². The molecule has 0 saturated heterocycles. The van der Waals surface area contributed by atoms with Gasteiger partial charge in [-0.25, -0.2) is 0 Å². The van der Waals surface area contributed by atoms with Crippen LogP contribution in [0.25, 0.3) is 5.69 Å². The van der Waals surface area contributed by atoms with Gasteiger partial charge in [0.25, 0.3) is 0 Å². The summed E-state index contributed by atoms with van der Waals surface area (Å²) < 4.78 is 1.93. The molecule has 0 aliphatic rings. The van der Waals surface area contributed by atoms with E-state index in [0.29, 0.717) is 53.7 Å². The molecular formula is C23H24ClN5O. The van der Waals surface area contributed by atoms with Crippen LogP contribution in [0.3, 0.4) is 0 Å². The van der Waals surface area contributed by atoms with Crippen LogP contribution in [0.15, 0.2) is 48.5 Å². The van der Waals surface area contributed by atoms with Crippen molar-refractivity contribution in [3.05, 3.63) is 76.3 Å². The highest BCUT2D eigenvalue weighted by molar-refractivity contribution is 6.31. The molecule has 0 amide bonds. The highest BCUT2D eigenvalue weighted by atomic mass is 35.5. The van der Waals surface area contributed by atoms with E-state index in [2.05, 4.69) is 21.4 Å². The molecule has 0 radical (unpaired) electrons. The molecular weight excluding hydrogens is 398 g/mol. The van der Waals surface area contributed by atoms with Crippen LogP contribution in [0.5, 0.6) is 0 Å². The van der Waals surface area contributed by atoms with Crippen LogP contribution in [0.2, 0.25) is 5.02 Å². The maximum atomic E-state index is 13.3. The van der Waals surface area contributed by atoms with Gasteiger partial charge in [-0.3, -0.25) is 9.36 Å². The van der Waals surface area contributed by atoms with E-state index in [1.165, 1.54) is 0 Å². The van der Waals surface area contributed by atoms with E-state index < -0.39 is 0 Å². The summed E-state index contributed by atoms with van der Waals surface area (Å²) in [6.07, 6.45) is 5.95. The normalized spacial score (nSPS) is 10.9. The second-order valence-electron chi connectivity index (χ2n) is 7.09. The summed E-state index contributed by atoms with van der Waals surface area (Å²) in [6.45, 7) is 1.71. The number of rotatable bonds is 9. The van der Waals surface area contributed by atoms with Crippen molar-refractivity contribution in [2.45, 2.75) is 19.5 Å². The predicted molar refractivity (Wildman–Crippen MR) is 119 cm³/mol. The minimum atomic E-state index is -0.108. The Morgan fingerprint density at radius 2 is 1.90 bits per heavy atom. The van der Waals surface area contributed by atoms with Crippen LogP contribution in [0, 0.1) is 12.3 Å². The average molecular weight is 422 g/mol. The van der Waals surface area contributed by atoms with Crippen molar-refractivity contribution in [3.8, 4) is 18.0 Å². The third-order valence-corrected chi connectivity index (χ3v) is 4.70. The third-order valence-electron chi connectivity index (χ3n) is 4.46. The van der Waals surface area contributed by atoms with Crippen molar-refractivity contribution in [1.29, 1.82) is 0 Å². The quantitative estimate of drug-likeness (QED) is 0.326. The molecule has 3 rings (SSSR count). The Bertz CT molecular complexity index is 1050. The molecule has 0 atom stereocenters. The molecule has 1 heterocycles. The van der Waals surface area contributed by atoms with Crippen LogP contribution in [0.4, 0.5) is 0 Å². The number of carbonyl (C=O) groups excluding carboxylic acids is 1. The van der Waals surface area contributed by atoms with E-state index in [-0.39, 0.29) is 5.78 Å². The first-order valence-corrected chi connectivity index (χ1v) is 10.0. The second kappa shape index (κ2) is 10.2. The Labute approximate surface area is 181 Å². The molecule has 0 saturated carbocycles. The van der Waals surface area contributed by atoms with Crippen molar-refractivity contribution in [3.63, 3.8) is 0 Å². The lowest BCUT2D eigenvalue weighted by Gasteiger charge is -2.17. The fourth-order valence-corrected chi connectivity index (χ4v) is 3.29. The lowest BCUT2D eigenvalue weighted by Crippen LogP contribution is -2.21. The molecule has 3 aromatic rings. The van der Waals surface area contributed by atoms with Crippen molar-refractivity contribution in [2.75, 3.05) is 20.6 Å². The highest BCUT2D eigenvalue weighted by Gasteiger charge is 2.21. The molecule has 154 valence electrons. The molecule has 0 aliphatic carbocycles. The van der Waals surface area contributed by atoms with Gasteiger partial charge in [0.1, 0.15) is 0 Å². The number of carbonyl (C=O) groups is 1. The number of hydrogen-bond acceptors (Lipinski definition) is 5. The van der Waals surface area contributed by atoms with Gasteiger partial charge in [-0.2, -0.15) is 0 Å². The Morgan fingerprint density at radius 1 is 1.17 bits per heavy atom. The van der Waals surface area contributed by atoms with E-state index in [9.17, 15) is 4.79 Å². The van der Waals surface area contributed by atoms with E-state index in [4.69, 9.17) is 18.0 Å². The molecule has 2 aromatic carbocycles. The molecule has 1 N–H and O–H groups in total. The molecule has 0 aliphatic heterocycles. The molecule has 0 spiro atoms. The van der Waals surface area contributed by atoms with Gasteiger partial charge >= 0.3 is 0 Å². The van der Waals surface area contributed by atoms with Crippen LogP contribution in [0.1, 0.15) is 34.0 Å². The van der Waals surface area contributed by atoms with E-state index >= 15 is 0 Å². The topological polar surface area (TPSA) is 63.1 Å². The first kappa shape index (κ1) is 21.7. The lowest BCUT2D eigenvalue weighted by atomic mass is 10.0. The number of nitrogens with one attached hydrogen (secondary N) is 1. The summed E-state index contributed by atoms with van der Waals surface area (Å²) in [5, 5.41) is 12.5. The number of benzene rings is 2. The minimum Gasteiger partial charge on any atom is -0.309 e. The standard InChI is InChI=1S/C23H24ClN5O/c1-4-5-13-25-15-21-26-27-22(16-28(2)3)29(21)20-12-11-18(24)14-19(20)23(30)17-9-7-6-8-10-17/h1,6-12,14,25H,5,13,15-16H2,2-3H3. The van der Waals surface area contributed by atoms with Crippen molar-refractivity contribution in [1.82, 2.24) is 25.0 Å². The summed E-state index contributed by atoms with van der Waals surface area (Å²) >= 11 is 6.26. The Kier molecular flexibility index (Phi) is 7.36. The van der Waals surface area contributed by atoms with Crippen molar-refractivity contribution < 1.29 is 4.79 Å². The van der Waals surface area contributed by atoms with Crippen LogP contribution >= 0.6 is 11.6 Å². The number of aromatic nitrogens is 3. The summed E-state index contributed by atoms with van der Waals surface area (Å²) in [5.74, 6) is 3.94. The molecule has 30 heavy (non-hydrogen) atoms. The van der Waals surface area contributed by atoms with Gasteiger partial charge in [0.05, 0.1) is 18.8 Å². The van der Waals surface area contributed by atoms with Crippen molar-refractivity contribution >= 4 is 17.4 Å². The minimum absolute atomic E-state index is 0.108. The zero-order chi connectivity index (χ0) is 21.5. The van der Waals surface area contributed by atoms with Crippen LogP contribution in [-0.4, -0.2) is 46.1 Å². The first-order chi connectivity index (χ1) is 14.5. The first-order valence-electron chi connectivity index (χ1n) is 9.63. The van der Waals surface area contributed by atoms with Crippen molar-refractivity contribution in [2.24, 2.45) is 0 Å². The number of ketones is 1. The zero-order valence-corrected chi connectivity index (χ0v) is 17.9. The summed E-state index contributed by atoms with van der Waals surface area (Å²) in [7, 11) is 3.92. The third kappa shape index (κ3) is 5.14. The van der Waals surface area contributed by atoms with Gasteiger partial charge < -0.3 is 10.2 Å². The maximum absolute atomic E-state index is 13.3. The van der Waals surface area contributed by atoms with Gasteiger partial charge in [-0.1, -0.05) is 41.9 Å². The average Bonchev–Trinajstić information content (AvgIpc) is 3.12. The Hall–Kier alpha value is -2.98. The van der Waals surface area contributed by atoms with Gasteiger partial charge in [-0.05, 0) is 32.3 Å².